The van der Waals surface area contributed by atoms with Crippen molar-refractivity contribution in [3.05, 3.63) is 23.3 Å². The predicted octanol–water partition coefficient (Wildman–Crippen LogP) is 1.52. The molecule has 0 bridgehead atoms. The number of carbonyl (C=O) groups excluding carboxylic acids is 3. The number of hydrogen-bond acceptors (Lipinski definition) is 6. The van der Waals surface area contributed by atoms with Gasteiger partial charge in [-0.25, -0.2) is 0 Å². The van der Waals surface area contributed by atoms with Crippen LogP contribution in [-0.4, -0.2) is 51.0 Å². The highest BCUT2D eigenvalue weighted by Crippen LogP contribution is 2.68. The molecule has 0 aromatic carbocycles. The van der Waals surface area contributed by atoms with Gasteiger partial charge < -0.3 is 15.3 Å². The Bertz CT molecular complexity index is 855. The summed E-state index contributed by atoms with van der Waals surface area (Å²) >= 11 is 0. The molecule has 3 N–H and O–H groups in total. The highest BCUT2D eigenvalue weighted by atomic mass is 16.3. The standard InChI is InChI=1S/C23H30O6/c1-12(25)17-9-14(26)8-13-4-5-15-16-6-7-23(29,19(28)11-24)21(16,2)10-18(27)20(15)22(13,17)3/h8-9,15-16,18,20,24,27,29H,4-7,10-11H2,1-3H3/t15-,16-,18-,20+,21-,22+,23-/m0/s1. The fourth-order valence-electron chi connectivity index (χ4n) is 7.50. The molecule has 0 aromatic heterocycles. The van der Waals surface area contributed by atoms with E-state index in [-0.39, 0.29) is 42.2 Å². The van der Waals surface area contributed by atoms with Gasteiger partial charge >= 0.3 is 0 Å². The Balaban J connectivity index is 1.80. The third kappa shape index (κ3) is 2.49. The van der Waals surface area contributed by atoms with Crippen LogP contribution < -0.4 is 0 Å². The fraction of sp³-hybridized carbons (Fsp3) is 0.696. The SMILES string of the molecule is CC(=O)C1=CC(=O)C=C2CC[C@@H]3[C@H]([C@@H](O)C[C@@]4(C)[C@H]3CC[C@]4(O)C(=O)CO)[C@]21C. The van der Waals surface area contributed by atoms with Crippen LogP contribution in [-0.2, 0) is 14.4 Å². The van der Waals surface area contributed by atoms with E-state index in [1.807, 2.05) is 13.8 Å². The molecule has 4 aliphatic rings. The van der Waals surface area contributed by atoms with E-state index in [0.29, 0.717) is 18.4 Å². The lowest BCUT2D eigenvalue weighted by Gasteiger charge is -2.60. The first-order chi connectivity index (χ1) is 13.5. The molecular formula is C23H30O6. The molecule has 29 heavy (non-hydrogen) atoms. The molecule has 4 aliphatic carbocycles. The topological polar surface area (TPSA) is 112 Å². The van der Waals surface area contributed by atoms with Gasteiger partial charge in [0.2, 0.25) is 0 Å². The quantitative estimate of drug-likeness (QED) is 0.660. The second-order valence-electron chi connectivity index (χ2n) is 9.89. The molecule has 6 nitrogen and oxygen atoms in total. The second-order valence-corrected chi connectivity index (χ2v) is 9.89. The smallest absolute Gasteiger partial charge is 0.190 e. The first kappa shape index (κ1) is 20.6. The van der Waals surface area contributed by atoms with Crippen molar-refractivity contribution in [1.82, 2.24) is 0 Å². The average molecular weight is 402 g/mol. The van der Waals surface area contributed by atoms with Gasteiger partial charge in [0.1, 0.15) is 12.2 Å². The second kappa shape index (κ2) is 6.43. The summed E-state index contributed by atoms with van der Waals surface area (Å²) in [6.07, 6.45) is 4.73. The van der Waals surface area contributed by atoms with Gasteiger partial charge in [-0.1, -0.05) is 19.4 Å². The number of carbonyl (C=O) groups is 3. The molecule has 4 rings (SSSR count). The summed E-state index contributed by atoms with van der Waals surface area (Å²) in [7, 11) is 0. The maximum atomic E-state index is 12.5. The maximum absolute atomic E-state index is 12.5. The van der Waals surface area contributed by atoms with Crippen molar-refractivity contribution in [3.8, 4) is 0 Å². The van der Waals surface area contributed by atoms with Gasteiger partial charge in [-0.2, -0.15) is 0 Å². The summed E-state index contributed by atoms with van der Waals surface area (Å²) < 4.78 is 0. The van der Waals surface area contributed by atoms with E-state index in [1.54, 1.807) is 6.08 Å². The third-order valence-electron chi connectivity index (χ3n) is 8.83. The molecule has 158 valence electrons. The molecule has 0 heterocycles. The van der Waals surface area contributed by atoms with Crippen LogP contribution in [0.25, 0.3) is 0 Å². The van der Waals surface area contributed by atoms with Crippen molar-refractivity contribution >= 4 is 17.3 Å². The first-order valence-corrected chi connectivity index (χ1v) is 10.5. The molecule has 0 saturated heterocycles. The molecule has 0 unspecified atom stereocenters. The summed E-state index contributed by atoms with van der Waals surface area (Å²) in [4.78, 5) is 37.1. The van der Waals surface area contributed by atoms with E-state index >= 15 is 0 Å². The molecule has 0 aromatic rings. The van der Waals surface area contributed by atoms with Crippen molar-refractivity contribution in [1.29, 1.82) is 0 Å². The van der Waals surface area contributed by atoms with Gasteiger partial charge in [0, 0.05) is 22.3 Å². The highest BCUT2D eigenvalue weighted by Gasteiger charge is 2.68. The Kier molecular flexibility index (Phi) is 4.58. The number of hydrogen-bond donors (Lipinski definition) is 3. The van der Waals surface area contributed by atoms with Crippen LogP contribution in [0, 0.1) is 28.6 Å². The molecular weight excluding hydrogens is 372 g/mol. The van der Waals surface area contributed by atoms with Crippen LogP contribution in [0.5, 0.6) is 0 Å². The third-order valence-corrected chi connectivity index (χ3v) is 8.83. The van der Waals surface area contributed by atoms with Crippen LogP contribution in [0.4, 0.5) is 0 Å². The lowest BCUT2D eigenvalue weighted by Crippen LogP contribution is -2.62. The number of aliphatic hydroxyl groups excluding tert-OH is 2. The summed E-state index contributed by atoms with van der Waals surface area (Å²) in [6.45, 7) is 4.57. The molecule has 3 fully saturated rings. The number of aliphatic hydroxyl groups is 3. The van der Waals surface area contributed by atoms with Crippen molar-refractivity contribution in [2.24, 2.45) is 28.6 Å². The van der Waals surface area contributed by atoms with E-state index < -0.39 is 34.9 Å². The molecule has 0 radical (unpaired) electrons. The van der Waals surface area contributed by atoms with E-state index in [0.717, 1.165) is 12.0 Å². The lowest BCUT2D eigenvalue weighted by atomic mass is 9.44. The first-order valence-electron chi connectivity index (χ1n) is 10.5. The maximum Gasteiger partial charge on any atom is 0.190 e. The number of fused-ring (bicyclic) bond motifs is 5. The monoisotopic (exact) mass is 402 g/mol. The van der Waals surface area contributed by atoms with Crippen molar-refractivity contribution in [3.63, 3.8) is 0 Å². The van der Waals surface area contributed by atoms with Gasteiger partial charge in [-0.05, 0) is 63.0 Å². The molecule has 3 saturated carbocycles. The van der Waals surface area contributed by atoms with Crippen molar-refractivity contribution in [2.75, 3.05) is 6.61 Å². The molecule has 7 atom stereocenters. The Labute approximate surface area is 170 Å². The Morgan fingerprint density at radius 3 is 2.52 bits per heavy atom. The zero-order valence-electron chi connectivity index (χ0n) is 17.3. The normalized spacial score (nSPS) is 46.2. The van der Waals surface area contributed by atoms with Crippen LogP contribution >= 0.6 is 0 Å². The largest absolute Gasteiger partial charge is 0.393 e. The van der Waals surface area contributed by atoms with Gasteiger partial charge in [-0.15, -0.1) is 0 Å². The van der Waals surface area contributed by atoms with Gasteiger partial charge in [0.15, 0.2) is 17.3 Å². The summed E-state index contributed by atoms with van der Waals surface area (Å²) in [5.41, 5.74) is -1.83. The predicted molar refractivity (Wildman–Crippen MR) is 105 cm³/mol. The van der Waals surface area contributed by atoms with Crippen LogP contribution in [0.1, 0.15) is 52.9 Å². The van der Waals surface area contributed by atoms with Crippen LogP contribution in [0.3, 0.4) is 0 Å². The van der Waals surface area contributed by atoms with Crippen LogP contribution in [0.15, 0.2) is 23.3 Å². The van der Waals surface area contributed by atoms with Gasteiger partial charge in [0.05, 0.1) is 6.10 Å². The number of Topliss-reactive ketones (excluding diaryl/α,β-unsaturated/α-hetero) is 2. The molecule has 0 aliphatic heterocycles. The number of rotatable bonds is 3. The zero-order chi connectivity index (χ0) is 21.4. The van der Waals surface area contributed by atoms with Gasteiger partial charge in [-0.3, -0.25) is 14.4 Å². The highest BCUT2D eigenvalue weighted by molar-refractivity contribution is 6.09. The minimum absolute atomic E-state index is 0.000566. The van der Waals surface area contributed by atoms with Crippen LogP contribution in [0.2, 0.25) is 0 Å². The fourth-order valence-corrected chi connectivity index (χ4v) is 7.50. The van der Waals surface area contributed by atoms with E-state index in [4.69, 9.17) is 0 Å². The van der Waals surface area contributed by atoms with Gasteiger partial charge in [0.25, 0.3) is 0 Å². The Morgan fingerprint density at radius 1 is 1.21 bits per heavy atom. The minimum Gasteiger partial charge on any atom is -0.393 e. The zero-order valence-corrected chi connectivity index (χ0v) is 17.3. The number of ketones is 3. The number of allylic oxidation sites excluding steroid dienone is 4. The van der Waals surface area contributed by atoms with Crippen molar-refractivity contribution < 1.29 is 29.7 Å². The minimum atomic E-state index is -1.64. The summed E-state index contributed by atoms with van der Waals surface area (Å²) in [5.74, 6) is -1.16. The Morgan fingerprint density at radius 2 is 1.90 bits per heavy atom. The molecule has 0 spiro atoms. The molecule has 0 amide bonds. The molecule has 6 heteroatoms. The lowest BCUT2D eigenvalue weighted by molar-refractivity contribution is -0.179. The van der Waals surface area contributed by atoms with E-state index in [9.17, 15) is 29.7 Å². The van der Waals surface area contributed by atoms with E-state index in [2.05, 4.69) is 0 Å². The van der Waals surface area contributed by atoms with E-state index in [1.165, 1.54) is 13.0 Å². The van der Waals surface area contributed by atoms with Crippen molar-refractivity contribution in [2.45, 2.75) is 64.6 Å². The summed E-state index contributed by atoms with van der Waals surface area (Å²) in [5, 5.41) is 32.0. The average Bonchev–Trinajstić information content (AvgIpc) is 2.92. The summed E-state index contributed by atoms with van der Waals surface area (Å²) in [6, 6.07) is 0. The Hall–Kier alpha value is -1.63.